The van der Waals surface area contributed by atoms with Crippen LogP contribution in [-0.4, -0.2) is 43.5 Å². The van der Waals surface area contributed by atoms with Crippen molar-refractivity contribution in [2.45, 2.75) is 0 Å². The van der Waals surface area contributed by atoms with E-state index in [1.165, 1.54) is 12.0 Å². The number of aromatic nitrogens is 1. The van der Waals surface area contributed by atoms with Crippen LogP contribution < -0.4 is 4.90 Å². The number of hydrogen-bond acceptors (Lipinski definition) is 4. The van der Waals surface area contributed by atoms with Gasteiger partial charge in [-0.15, -0.1) is 0 Å². The average molecular weight is 232 g/mol. The lowest BCUT2D eigenvalue weighted by Gasteiger charge is -2.22. The number of pyridine rings is 1. The van der Waals surface area contributed by atoms with Crippen LogP contribution in [0.1, 0.15) is 0 Å². The molecular formula is C10H14F2N2O2. The molecule has 0 radical (unpaired) electrons. The zero-order chi connectivity index (χ0) is 12.0. The minimum atomic E-state index is -0.746. The van der Waals surface area contributed by atoms with Crippen LogP contribution in [-0.2, 0) is 4.74 Å². The molecule has 1 rings (SSSR count). The summed E-state index contributed by atoms with van der Waals surface area (Å²) in [5, 5.41) is 8.84. The number of aliphatic hydroxyl groups is 1. The second kappa shape index (κ2) is 6.34. The molecule has 0 atom stereocenters. The lowest BCUT2D eigenvalue weighted by atomic mass is 10.3. The molecule has 4 nitrogen and oxygen atoms in total. The second-order valence-electron chi connectivity index (χ2n) is 3.16. The van der Waals surface area contributed by atoms with Crippen LogP contribution in [0, 0.1) is 11.6 Å². The van der Waals surface area contributed by atoms with Crippen LogP contribution in [0.5, 0.6) is 0 Å². The van der Waals surface area contributed by atoms with Crippen molar-refractivity contribution in [1.29, 1.82) is 0 Å². The van der Waals surface area contributed by atoms with Crippen molar-refractivity contribution in [3.63, 3.8) is 0 Å². The Labute approximate surface area is 92.5 Å². The monoisotopic (exact) mass is 232 g/mol. The predicted molar refractivity (Wildman–Crippen MR) is 55.3 cm³/mol. The summed E-state index contributed by atoms with van der Waals surface area (Å²) < 4.78 is 30.9. The Bertz CT molecular complexity index is 337. The van der Waals surface area contributed by atoms with Gasteiger partial charge in [0.25, 0.3) is 0 Å². The molecule has 0 aliphatic rings. The van der Waals surface area contributed by atoms with Gasteiger partial charge in [-0.2, -0.15) is 0 Å². The first-order valence-electron chi connectivity index (χ1n) is 4.85. The summed E-state index contributed by atoms with van der Waals surface area (Å²) >= 11 is 0. The predicted octanol–water partition coefficient (Wildman–Crippen LogP) is 0.805. The number of aliphatic hydroxyl groups excluding tert-OH is 1. The third kappa shape index (κ3) is 3.39. The van der Waals surface area contributed by atoms with Crippen LogP contribution >= 0.6 is 0 Å². The van der Waals surface area contributed by atoms with Gasteiger partial charge in [-0.1, -0.05) is 0 Å². The van der Waals surface area contributed by atoms with Crippen molar-refractivity contribution in [3.05, 3.63) is 23.9 Å². The van der Waals surface area contributed by atoms with Crippen LogP contribution in [0.15, 0.2) is 12.3 Å². The maximum atomic E-state index is 13.4. The quantitative estimate of drug-likeness (QED) is 0.788. The van der Waals surface area contributed by atoms with E-state index in [1.54, 1.807) is 0 Å². The van der Waals surface area contributed by atoms with Gasteiger partial charge in [-0.25, -0.2) is 13.8 Å². The van der Waals surface area contributed by atoms with Gasteiger partial charge in [-0.3, -0.25) is 0 Å². The minimum absolute atomic E-state index is 0.0208. The molecule has 0 aromatic carbocycles. The Balaban J connectivity index is 2.82. The van der Waals surface area contributed by atoms with E-state index >= 15 is 0 Å². The van der Waals surface area contributed by atoms with Crippen molar-refractivity contribution in [1.82, 2.24) is 4.98 Å². The fourth-order valence-electron chi connectivity index (χ4n) is 1.29. The molecule has 0 saturated heterocycles. The normalized spacial score (nSPS) is 10.5. The second-order valence-corrected chi connectivity index (χ2v) is 3.16. The highest BCUT2D eigenvalue weighted by Crippen LogP contribution is 2.16. The van der Waals surface area contributed by atoms with Crippen molar-refractivity contribution in [2.75, 3.05) is 38.3 Å². The fourth-order valence-corrected chi connectivity index (χ4v) is 1.29. The molecule has 0 aliphatic heterocycles. The van der Waals surface area contributed by atoms with Gasteiger partial charge in [0.1, 0.15) is 5.82 Å². The van der Waals surface area contributed by atoms with Crippen LogP contribution in [0.2, 0.25) is 0 Å². The molecule has 0 aliphatic carbocycles. The van der Waals surface area contributed by atoms with E-state index in [4.69, 9.17) is 9.84 Å². The molecule has 1 heterocycles. The molecule has 6 heteroatoms. The summed E-state index contributed by atoms with van der Waals surface area (Å²) in [6.45, 7) is 0.840. The standard InChI is InChI=1S/C10H14F2N2O2/c1-16-5-3-14(2-4-15)10-9(12)6-8(11)7-13-10/h6-7,15H,2-5H2,1H3. The SMILES string of the molecule is COCCN(CCO)c1ncc(F)cc1F. The Kier molecular flexibility index (Phi) is 5.07. The Morgan fingerprint density at radius 2 is 2.19 bits per heavy atom. The van der Waals surface area contributed by atoms with Gasteiger partial charge in [0.05, 0.1) is 19.4 Å². The Morgan fingerprint density at radius 1 is 1.44 bits per heavy atom. The van der Waals surface area contributed by atoms with Crippen LogP contribution in [0.3, 0.4) is 0 Å². The van der Waals surface area contributed by atoms with E-state index in [0.717, 1.165) is 12.3 Å². The van der Waals surface area contributed by atoms with Gasteiger partial charge in [-0.05, 0) is 0 Å². The number of ether oxygens (including phenoxy) is 1. The lowest BCUT2D eigenvalue weighted by molar-refractivity contribution is 0.202. The molecule has 0 spiro atoms. The average Bonchev–Trinajstić information content (AvgIpc) is 2.25. The van der Waals surface area contributed by atoms with E-state index < -0.39 is 11.6 Å². The number of methoxy groups -OCH3 is 1. The first-order chi connectivity index (χ1) is 7.69. The highest BCUT2D eigenvalue weighted by Gasteiger charge is 2.13. The van der Waals surface area contributed by atoms with Crippen molar-refractivity contribution >= 4 is 5.82 Å². The van der Waals surface area contributed by atoms with Crippen molar-refractivity contribution in [2.24, 2.45) is 0 Å². The summed E-state index contributed by atoms with van der Waals surface area (Å²) in [7, 11) is 1.52. The van der Waals surface area contributed by atoms with E-state index in [-0.39, 0.29) is 19.0 Å². The smallest absolute Gasteiger partial charge is 0.168 e. The topological polar surface area (TPSA) is 45.6 Å². The zero-order valence-electron chi connectivity index (χ0n) is 8.99. The molecule has 0 fully saturated rings. The molecule has 0 amide bonds. The maximum absolute atomic E-state index is 13.4. The van der Waals surface area contributed by atoms with Gasteiger partial charge in [0.2, 0.25) is 0 Å². The first kappa shape index (κ1) is 12.8. The molecule has 0 bridgehead atoms. The molecule has 1 N–H and O–H groups in total. The molecule has 90 valence electrons. The third-order valence-electron chi connectivity index (χ3n) is 2.02. The Hall–Kier alpha value is -1.27. The van der Waals surface area contributed by atoms with Crippen LogP contribution in [0.25, 0.3) is 0 Å². The van der Waals surface area contributed by atoms with Gasteiger partial charge in [0.15, 0.2) is 11.6 Å². The summed E-state index contributed by atoms with van der Waals surface area (Å²) in [4.78, 5) is 5.16. The molecule has 16 heavy (non-hydrogen) atoms. The van der Waals surface area contributed by atoms with Crippen molar-refractivity contribution in [3.8, 4) is 0 Å². The number of rotatable bonds is 6. The van der Waals surface area contributed by atoms with E-state index in [0.29, 0.717) is 13.2 Å². The van der Waals surface area contributed by atoms with Crippen molar-refractivity contribution < 1.29 is 18.6 Å². The number of hydrogen-bond donors (Lipinski definition) is 1. The number of anilines is 1. The number of halogens is 2. The fraction of sp³-hybridized carbons (Fsp3) is 0.500. The lowest BCUT2D eigenvalue weighted by Crippen LogP contribution is -2.31. The molecule has 1 aromatic heterocycles. The first-order valence-corrected chi connectivity index (χ1v) is 4.85. The summed E-state index contributed by atoms with van der Waals surface area (Å²) in [5.41, 5.74) is 0. The van der Waals surface area contributed by atoms with Gasteiger partial charge >= 0.3 is 0 Å². The summed E-state index contributed by atoms with van der Waals surface area (Å²) in [6, 6.07) is 0.763. The number of nitrogens with zero attached hydrogens (tertiary/aromatic N) is 2. The van der Waals surface area contributed by atoms with Gasteiger partial charge < -0.3 is 14.7 Å². The maximum Gasteiger partial charge on any atom is 0.168 e. The third-order valence-corrected chi connectivity index (χ3v) is 2.02. The zero-order valence-corrected chi connectivity index (χ0v) is 8.99. The Morgan fingerprint density at radius 3 is 2.75 bits per heavy atom. The van der Waals surface area contributed by atoms with E-state index in [2.05, 4.69) is 4.98 Å². The van der Waals surface area contributed by atoms with Gasteiger partial charge in [0, 0.05) is 26.3 Å². The highest BCUT2D eigenvalue weighted by atomic mass is 19.1. The minimum Gasteiger partial charge on any atom is -0.395 e. The molecule has 1 aromatic rings. The molecule has 0 unspecified atom stereocenters. The van der Waals surface area contributed by atoms with Crippen LogP contribution in [0.4, 0.5) is 14.6 Å². The highest BCUT2D eigenvalue weighted by molar-refractivity contribution is 5.39. The molecular weight excluding hydrogens is 218 g/mol. The van der Waals surface area contributed by atoms with E-state index in [1.807, 2.05) is 0 Å². The molecule has 0 saturated carbocycles. The summed E-state index contributed by atoms with van der Waals surface area (Å²) in [5.74, 6) is -1.45. The van der Waals surface area contributed by atoms with E-state index in [9.17, 15) is 8.78 Å². The summed E-state index contributed by atoms with van der Waals surface area (Å²) in [6.07, 6.45) is 0.940. The largest absolute Gasteiger partial charge is 0.395 e.